The summed E-state index contributed by atoms with van der Waals surface area (Å²) in [5.74, 6) is -5.14. The molecule has 2 saturated heterocycles. The van der Waals surface area contributed by atoms with Gasteiger partial charge in [0.1, 0.15) is 10.5 Å². The second-order valence-corrected chi connectivity index (χ2v) is 12.6. The molecule has 2 aromatic heterocycles. The average molecular weight is 617 g/mol. The van der Waals surface area contributed by atoms with Crippen LogP contribution in [0, 0.1) is 11.8 Å². The van der Waals surface area contributed by atoms with Crippen LogP contribution < -0.4 is 5.32 Å². The molecule has 1 aliphatic carbocycles. The first-order chi connectivity index (χ1) is 21.8. The molecule has 222 valence electrons. The summed E-state index contributed by atoms with van der Waals surface area (Å²) in [4.78, 5) is 76.7. The molecular weight excluding hydrogens is 592 g/mol. The summed E-state index contributed by atoms with van der Waals surface area (Å²) in [5.41, 5.74) is 1.32. The van der Waals surface area contributed by atoms with Gasteiger partial charge < -0.3 is 10.1 Å². The van der Waals surface area contributed by atoms with Crippen LogP contribution >= 0.6 is 11.3 Å². The second-order valence-electron chi connectivity index (χ2n) is 11.7. The van der Waals surface area contributed by atoms with E-state index in [9.17, 15) is 29.1 Å². The smallest absolute Gasteiger partial charge is 0.325 e. The fourth-order valence-corrected chi connectivity index (χ4v) is 7.99. The molecule has 8 rings (SSSR count). The van der Waals surface area contributed by atoms with Gasteiger partial charge >= 0.3 is 5.97 Å². The standard InChI is InChI=1S/C34H24N4O6S/c39-28-20-6-1-2-7-21(20)29(40)23-13-17(9-10-22(23)28)16-38-31(41)25-26(32(38)42)34(33(43)44,37-27(25)30-35-11-12-45-30)14-18-15-36-24-8-4-3-5-19(18)24/h1-13,15,25-27,36-37H,14,16H2,(H,43,44). The molecule has 0 bridgehead atoms. The number of imide groups is 1. The third-order valence-electron chi connectivity index (χ3n) is 9.32. The third kappa shape index (κ3) is 3.90. The van der Waals surface area contributed by atoms with E-state index in [1.54, 1.807) is 60.2 Å². The minimum Gasteiger partial charge on any atom is -0.480 e. The molecule has 4 heterocycles. The number of nitrogens with zero attached hydrogens (tertiary/aromatic N) is 2. The number of H-pyrrole nitrogens is 1. The van der Waals surface area contributed by atoms with Crippen LogP contribution in [0.15, 0.2) is 84.5 Å². The average Bonchev–Trinajstić information content (AvgIpc) is 3.84. The number of aliphatic carboxylic acids is 1. The highest BCUT2D eigenvalue weighted by atomic mass is 32.1. The molecule has 10 nitrogen and oxygen atoms in total. The molecule has 2 amide bonds. The van der Waals surface area contributed by atoms with Crippen molar-refractivity contribution in [3.05, 3.63) is 123 Å². The topological polar surface area (TPSA) is 150 Å². The first-order valence-corrected chi connectivity index (χ1v) is 15.3. The van der Waals surface area contributed by atoms with Crippen LogP contribution in [0.5, 0.6) is 0 Å². The number of rotatable bonds is 6. The van der Waals surface area contributed by atoms with E-state index in [1.165, 1.54) is 11.3 Å². The van der Waals surface area contributed by atoms with Crippen LogP contribution in [0.2, 0.25) is 0 Å². The van der Waals surface area contributed by atoms with Crippen molar-refractivity contribution in [3.63, 3.8) is 0 Å². The van der Waals surface area contributed by atoms with E-state index in [0.29, 0.717) is 27.3 Å². The van der Waals surface area contributed by atoms with E-state index < -0.39 is 41.2 Å². The number of likely N-dealkylation sites (tertiary alicyclic amines) is 1. The molecule has 4 atom stereocenters. The summed E-state index contributed by atoms with van der Waals surface area (Å²) in [7, 11) is 0. The molecule has 11 heteroatoms. The third-order valence-corrected chi connectivity index (χ3v) is 10.2. The molecule has 3 aromatic carbocycles. The zero-order valence-electron chi connectivity index (χ0n) is 23.5. The van der Waals surface area contributed by atoms with Crippen LogP contribution in [-0.4, -0.2) is 54.9 Å². The number of carbonyl (C=O) groups excluding carboxylic acids is 4. The van der Waals surface area contributed by atoms with Crippen molar-refractivity contribution in [1.29, 1.82) is 0 Å². The quantitative estimate of drug-likeness (QED) is 0.239. The molecular formula is C34H24N4O6S. The number of hydrogen-bond donors (Lipinski definition) is 3. The lowest BCUT2D eigenvalue weighted by Crippen LogP contribution is -2.57. The van der Waals surface area contributed by atoms with Crippen LogP contribution in [0.1, 0.15) is 54.0 Å². The zero-order valence-corrected chi connectivity index (χ0v) is 24.3. The molecule has 3 aliphatic rings. The molecule has 4 unspecified atom stereocenters. The molecule has 0 saturated carbocycles. The maximum absolute atomic E-state index is 14.3. The Hall–Kier alpha value is -5.26. The van der Waals surface area contributed by atoms with Crippen LogP contribution in [0.4, 0.5) is 0 Å². The fraction of sp³-hybridized carbons (Fsp3) is 0.176. The Labute approximate surface area is 259 Å². The first kappa shape index (κ1) is 27.3. The number of benzene rings is 3. The minimum absolute atomic E-state index is 0.0445. The molecule has 45 heavy (non-hydrogen) atoms. The molecule has 2 aliphatic heterocycles. The van der Waals surface area contributed by atoms with Crippen molar-refractivity contribution in [2.24, 2.45) is 11.8 Å². The second kappa shape index (κ2) is 9.88. The number of aromatic amines is 1. The van der Waals surface area contributed by atoms with Gasteiger partial charge in [-0.2, -0.15) is 0 Å². The summed E-state index contributed by atoms with van der Waals surface area (Å²) in [5, 5.41) is 17.1. The number of para-hydroxylation sites is 1. The van der Waals surface area contributed by atoms with Gasteiger partial charge in [0.15, 0.2) is 11.6 Å². The van der Waals surface area contributed by atoms with E-state index in [2.05, 4.69) is 15.3 Å². The molecule has 3 N–H and O–H groups in total. The monoisotopic (exact) mass is 616 g/mol. The summed E-state index contributed by atoms with van der Waals surface area (Å²) in [6.07, 6.45) is 3.28. The Kier molecular flexibility index (Phi) is 5.99. The Morgan fingerprint density at radius 3 is 2.36 bits per heavy atom. The van der Waals surface area contributed by atoms with Crippen molar-refractivity contribution in [3.8, 4) is 0 Å². The van der Waals surface area contributed by atoms with E-state index in [4.69, 9.17) is 0 Å². The van der Waals surface area contributed by atoms with Crippen molar-refractivity contribution in [2.45, 2.75) is 24.5 Å². The van der Waals surface area contributed by atoms with Gasteiger partial charge in [0.25, 0.3) is 0 Å². The number of nitrogens with one attached hydrogen (secondary N) is 2. The fourth-order valence-electron chi connectivity index (χ4n) is 7.26. The highest BCUT2D eigenvalue weighted by Crippen LogP contribution is 2.51. The number of amides is 2. The molecule has 0 radical (unpaired) electrons. The van der Waals surface area contributed by atoms with Crippen LogP contribution in [0.25, 0.3) is 10.9 Å². The van der Waals surface area contributed by atoms with Crippen molar-refractivity contribution in [1.82, 2.24) is 20.2 Å². The number of carboxylic acid groups (broad SMARTS) is 1. The molecule has 2 fully saturated rings. The summed E-state index contributed by atoms with van der Waals surface area (Å²) in [6, 6.07) is 18.0. The van der Waals surface area contributed by atoms with Gasteiger partial charge in [-0.05, 0) is 29.3 Å². The number of carboxylic acids is 1. The van der Waals surface area contributed by atoms with Crippen molar-refractivity contribution >= 4 is 51.6 Å². The highest BCUT2D eigenvalue weighted by Gasteiger charge is 2.69. The Morgan fingerprint density at radius 2 is 1.62 bits per heavy atom. The number of ketones is 2. The number of aromatic nitrogens is 2. The number of thiazole rings is 1. The summed E-state index contributed by atoms with van der Waals surface area (Å²) < 4.78 is 0. The van der Waals surface area contributed by atoms with Crippen LogP contribution in [-0.2, 0) is 27.3 Å². The van der Waals surface area contributed by atoms with Crippen molar-refractivity contribution in [2.75, 3.05) is 0 Å². The Morgan fingerprint density at radius 1 is 0.911 bits per heavy atom. The van der Waals surface area contributed by atoms with Gasteiger partial charge in [0.05, 0.1) is 24.4 Å². The highest BCUT2D eigenvalue weighted by molar-refractivity contribution is 7.09. The summed E-state index contributed by atoms with van der Waals surface area (Å²) in [6.45, 7) is -0.172. The predicted octanol–water partition coefficient (Wildman–Crippen LogP) is 3.91. The summed E-state index contributed by atoms with van der Waals surface area (Å²) >= 11 is 1.29. The van der Waals surface area contributed by atoms with Gasteiger partial charge in [-0.15, -0.1) is 11.3 Å². The number of fused-ring (bicyclic) bond motifs is 4. The minimum atomic E-state index is -1.80. The van der Waals surface area contributed by atoms with E-state index >= 15 is 0 Å². The molecule has 0 spiro atoms. The zero-order chi connectivity index (χ0) is 31.0. The van der Waals surface area contributed by atoms with Crippen LogP contribution in [0.3, 0.4) is 0 Å². The maximum atomic E-state index is 14.3. The van der Waals surface area contributed by atoms with E-state index in [0.717, 1.165) is 15.8 Å². The van der Waals surface area contributed by atoms with E-state index in [1.807, 2.05) is 24.3 Å². The number of hydrogen-bond acceptors (Lipinski definition) is 8. The lowest BCUT2D eigenvalue weighted by Gasteiger charge is -2.31. The largest absolute Gasteiger partial charge is 0.480 e. The predicted molar refractivity (Wildman–Crippen MR) is 163 cm³/mol. The lowest BCUT2D eigenvalue weighted by atomic mass is 9.76. The molecule has 5 aromatic rings. The van der Waals surface area contributed by atoms with Gasteiger partial charge in [0, 0.05) is 57.4 Å². The number of carbonyl (C=O) groups is 5. The van der Waals surface area contributed by atoms with E-state index in [-0.39, 0.29) is 35.7 Å². The van der Waals surface area contributed by atoms with Crippen molar-refractivity contribution < 1.29 is 29.1 Å². The van der Waals surface area contributed by atoms with Gasteiger partial charge in [-0.3, -0.25) is 34.2 Å². The Bertz CT molecular complexity index is 2100. The SMILES string of the molecule is O=C1c2ccccc2C(=O)c2cc(CN3C(=O)C4C(c5nccs5)NC(Cc5c[nH]c6ccccc56)(C(=O)O)C4C3=O)ccc21. The lowest BCUT2D eigenvalue weighted by molar-refractivity contribution is -0.151. The van der Waals surface area contributed by atoms with Gasteiger partial charge in [-0.1, -0.05) is 48.5 Å². The Balaban J connectivity index is 1.18. The van der Waals surface area contributed by atoms with Gasteiger partial charge in [0.2, 0.25) is 11.8 Å². The van der Waals surface area contributed by atoms with Gasteiger partial charge in [-0.25, -0.2) is 4.98 Å². The first-order valence-electron chi connectivity index (χ1n) is 14.4. The normalized spacial score (nSPS) is 23.8. The maximum Gasteiger partial charge on any atom is 0.325 e.